The highest BCUT2D eigenvalue weighted by atomic mass is 28.4. The Morgan fingerprint density at radius 3 is 2.33 bits per heavy atom. The first-order chi connectivity index (χ1) is 6.72. The molecule has 0 spiro atoms. The van der Waals surface area contributed by atoms with Crippen LogP contribution in [0.5, 0.6) is 0 Å². The summed E-state index contributed by atoms with van der Waals surface area (Å²) >= 11 is 0. The number of aliphatic hydroxyl groups is 1. The van der Waals surface area contributed by atoms with Crippen LogP contribution in [0.4, 0.5) is 0 Å². The third kappa shape index (κ3) is 3.55. The van der Waals surface area contributed by atoms with Gasteiger partial charge in [-0.25, -0.2) is 0 Å². The Balaban J connectivity index is 2.53. The van der Waals surface area contributed by atoms with Gasteiger partial charge in [-0.05, 0) is 18.1 Å². The first-order valence-corrected chi connectivity index (χ1v) is 8.70. The van der Waals surface area contributed by atoms with Gasteiger partial charge in [0.1, 0.15) is 0 Å². The Morgan fingerprint density at radius 2 is 1.87 bits per heavy atom. The van der Waals surface area contributed by atoms with E-state index in [0.29, 0.717) is 6.54 Å². The fourth-order valence-corrected chi connectivity index (χ4v) is 2.93. The summed E-state index contributed by atoms with van der Waals surface area (Å²) in [5.74, 6) is 0. The Bertz CT molecular complexity index is 213. The molecule has 0 saturated carbocycles. The molecule has 90 valence electrons. The molecule has 1 aliphatic heterocycles. The van der Waals surface area contributed by atoms with Crippen LogP contribution in [0.25, 0.3) is 0 Å². The molecule has 1 unspecified atom stereocenters. The Morgan fingerprint density at radius 1 is 1.27 bits per heavy atom. The van der Waals surface area contributed by atoms with Crippen molar-refractivity contribution < 1.29 is 9.53 Å². The maximum Gasteiger partial charge on any atom is 0.192 e. The molecule has 3 nitrogen and oxygen atoms in total. The van der Waals surface area contributed by atoms with Gasteiger partial charge in [0.2, 0.25) is 0 Å². The van der Waals surface area contributed by atoms with Crippen molar-refractivity contribution in [3.63, 3.8) is 0 Å². The summed E-state index contributed by atoms with van der Waals surface area (Å²) in [6.45, 7) is 12.8. The SMILES string of the molecule is CC(C)(C)[Si](C)(C)OC1CNC[C@H](O)C1. The maximum atomic E-state index is 9.55. The molecule has 0 bridgehead atoms. The summed E-state index contributed by atoms with van der Waals surface area (Å²) in [5, 5.41) is 13.0. The fraction of sp³-hybridized carbons (Fsp3) is 1.00. The molecule has 1 heterocycles. The number of rotatable bonds is 2. The maximum absolute atomic E-state index is 9.55. The topological polar surface area (TPSA) is 41.5 Å². The van der Waals surface area contributed by atoms with E-state index < -0.39 is 8.32 Å². The highest BCUT2D eigenvalue weighted by Gasteiger charge is 2.39. The van der Waals surface area contributed by atoms with Gasteiger partial charge >= 0.3 is 0 Å². The van der Waals surface area contributed by atoms with Crippen molar-refractivity contribution in [3.05, 3.63) is 0 Å². The van der Waals surface area contributed by atoms with E-state index in [0.717, 1.165) is 13.0 Å². The zero-order chi connectivity index (χ0) is 11.7. The highest BCUT2D eigenvalue weighted by Crippen LogP contribution is 2.37. The molecule has 1 fully saturated rings. The van der Waals surface area contributed by atoms with Crippen LogP contribution in [0, 0.1) is 0 Å². The van der Waals surface area contributed by atoms with Crippen LogP contribution < -0.4 is 5.32 Å². The summed E-state index contributed by atoms with van der Waals surface area (Å²) in [7, 11) is -1.67. The number of piperidine rings is 1. The Hall–Kier alpha value is 0.0969. The molecule has 0 aromatic rings. The molecule has 0 radical (unpaired) electrons. The third-order valence-corrected chi connectivity index (χ3v) is 8.09. The number of nitrogens with one attached hydrogen (secondary N) is 1. The lowest BCUT2D eigenvalue weighted by atomic mass is 10.1. The summed E-state index contributed by atoms with van der Waals surface area (Å²) in [4.78, 5) is 0. The first kappa shape index (κ1) is 13.2. The molecule has 2 atom stereocenters. The van der Waals surface area contributed by atoms with Crippen LogP contribution in [0.2, 0.25) is 18.1 Å². The highest BCUT2D eigenvalue weighted by molar-refractivity contribution is 6.74. The molecule has 1 saturated heterocycles. The molecule has 15 heavy (non-hydrogen) atoms. The molecule has 1 aliphatic rings. The second-order valence-corrected chi connectivity index (χ2v) is 10.8. The fourth-order valence-electron chi connectivity index (χ4n) is 1.56. The molecule has 0 aromatic heterocycles. The summed E-state index contributed by atoms with van der Waals surface area (Å²) in [6, 6.07) is 0. The molecule has 1 rings (SSSR count). The average molecular weight is 231 g/mol. The first-order valence-electron chi connectivity index (χ1n) is 5.79. The molecule has 0 amide bonds. The second-order valence-electron chi connectivity index (χ2n) is 6.05. The molecular formula is C11H25NO2Si. The van der Waals surface area contributed by atoms with Crippen molar-refractivity contribution >= 4 is 8.32 Å². The van der Waals surface area contributed by atoms with Crippen LogP contribution in [0.15, 0.2) is 0 Å². The summed E-state index contributed by atoms with van der Waals surface area (Å²) in [5.41, 5.74) is 0. The lowest BCUT2D eigenvalue weighted by Crippen LogP contribution is -2.51. The van der Waals surface area contributed by atoms with E-state index in [1.165, 1.54) is 0 Å². The summed E-state index contributed by atoms with van der Waals surface area (Å²) in [6.07, 6.45) is 0.725. The lowest BCUT2D eigenvalue weighted by Gasteiger charge is -2.41. The Labute approximate surface area is 94.3 Å². The van der Waals surface area contributed by atoms with Crippen LogP contribution in [-0.2, 0) is 4.43 Å². The minimum Gasteiger partial charge on any atom is -0.413 e. The van der Waals surface area contributed by atoms with Crippen LogP contribution in [0.3, 0.4) is 0 Å². The van der Waals surface area contributed by atoms with Gasteiger partial charge < -0.3 is 14.8 Å². The molecule has 0 aromatic carbocycles. The van der Waals surface area contributed by atoms with E-state index >= 15 is 0 Å². The van der Waals surface area contributed by atoms with Crippen LogP contribution in [-0.4, -0.2) is 38.7 Å². The summed E-state index contributed by atoms with van der Waals surface area (Å²) < 4.78 is 6.23. The van der Waals surface area contributed by atoms with Crippen molar-refractivity contribution in [1.82, 2.24) is 5.32 Å². The third-order valence-electron chi connectivity index (χ3n) is 3.55. The molecular weight excluding hydrogens is 206 g/mol. The van der Waals surface area contributed by atoms with E-state index in [9.17, 15) is 5.11 Å². The van der Waals surface area contributed by atoms with E-state index in [1.54, 1.807) is 0 Å². The standard InChI is InChI=1S/C11H25NO2Si/c1-11(2,3)15(4,5)14-10-6-9(13)7-12-8-10/h9-10,12-13H,6-8H2,1-5H3/t9-,10?/m1/s1. The van der Waals surface area contributed by atoms with Gasteiger partial charge in [-0.1, -0.05) is 20.8 Å². The quantitative estimate of drug-likeness (QED) is 0.711. The van der Waals surface area contributed by atoms with Crippen molar-refractivity contribution in [3.8, 4) is 0 Å². The number of β-amino-alcohol motifs (C(OH)–C–C–N with tert-alkyl or cyclic N) is 1. The van der Waals surface area contributed by atoms with Crippen molar-refractivity contribution in [1.29, 1.82) is 0 Å². The van der Waals surface area contributed by atoms with Gasteiger partial charge in [-0.2, -0.15) is 0 Å². The lowest BCUT2D eigenvalue weighted by molar-refractivity contribution is 0.0586. The average Bonchev–Trinajstić information content (AvgIpc) is 2.00. The van der Waals surface area contributed by atoms with E-state index in [1.807, 2.05) is 0 Å². The van der Waals surface area contributed by atoms with Crippen molar-refractivity contribution in [2.75, 3.05) is 13.1 Å². The minimum atomic E-state index is -1.67. The number of aliphatic hydroxyl groups excluding tert-OH is 1. The molecule has 4 heteroatoms. The minimum absolute atomic E-state index is 0.189. The van der Waals surface area contributed by atoms with E-state index in [4.69, 9.17) is 4.43 Å². The van der Waals surface area contributed by atoms with Gasteiger partial charge in [-0.3, -0.25) is 0 Å². The van der Waals surface area contributed by atoms with Gasteiger partial charge in [0.25, 0.3) is 0 Å². The van der Waals surface area contributed by atoms with E-state index in [-0.39, 0.29) is 17.2 Å². The zero-order valence-corrected chi connectivity index (χ0v) is 11.6. The normalized spacial score (nSPS) is 29.2. The smallest absolute Gasteiger partial charge is 0.192 e. The van der Waals surface area contributed by atoms with Gasteiger partial charge in [-0.15, -0.1) is 0 Å². The second kappa shape index (κ2) is 4.53. The van der Waals surface area contributed by atoms with Gasteiger partial charge in [0, 0.05) is 19.5 Å². The van der Waals surface area contributed by atoms with Crippen molar-refractivity contribution in [2.45, 2.75) is 57.5 Å². The van der Waals surface area contributed by atoms with Gasteiger partial charge in [0.15, 0.2) is 8.32 Å². The number of hydrogen-bond donors (Lipinski definition) is 2. The molecule has 0 aliphatic carbocycles. The van der Waals surface area contributed by atoms with Crippen molar-refractivity contribution in [2.24, 2.45) is 0 Å². The van der Waals surface area contributed by atoms with Crippen LogP contribution in [0.1, 0.15) is 27.2 Å². The predicted molar refractivity (Wildman–Crippen MR) is 65.6 cm³/mol. The molecule has 2 N–H and O–H groups in total. The van der Waals surface area contributed by atoms with Crippen LogP contribution >= 0.6 is 0 Å². The van der Waals surface area contributed by atoms with E-state index in [2.05, 4.69) is 39.2 Å². The largest absolute Gasteiger partial charge is 0.413 e. The zero-order valence-electron chi connectivity index (χ0n) is 10.6. The Kier molecular flexibility index (Phi) is 3.98. The van der Waals surface area contributed by atoms with Gasteiger partial charge in [0.05, 0.1) is 12.2 Å². The monoisotopic (exact) mass is 231 g/mol. The number of hydrogen-bond acceptors (Lipinski definition) is 3. The predicted octanol–water partition coefficient (Wildman–Crippen LogP) is 1.73.